The van der Waals surface area contributed by atoms with Crippen molar-refractivity contribution in [2.75, 3.05) is 11.9 Å². The van der Waals surface area contributed by atoms with E-state index in [9.17, 15) is 4.79 Å². The summed E-state index contributed by atoms with van der Waals surface area (Å²) in [6.45, 7) is 0.357. The molecule has 0 aromatic heterocycles. The molecule has 0 heterocycles. The third-order valence-corrected chi connectivity index (χ3v) is 2.45. The largest absolute Gasteiger partial charge is 0.383 e. The minimum absolute atomic E-state index is 0.357. The lowest BCUT2D eigenvalue weighted by Gasteiger charge is -2.10. The number of amides is 1. The zero-order valence-electron chi connectivity index (χ0n) is 7.53. The Morgan fingerprint density at radius 1 is 1.43 bits per heavy atom. The third kappa shape index (κ3) is 3.51. The first-order chi connectivity index (χ1) is 6.59. The summed E-state index contributed by atoms with van der Waals surface area (Å²) in [6, 6.07) is 7.15. The zero-order valence-corrected chi connectivity index (χ0v) is 9.69. The highest BCUT2D eigenvalue weighted by Gasteiger charge is 2.07. The Bertz CT molecular complexity index is 312. The molecule has 0 saturated heterocycles. The van der Waals surface area contributed by atoms with Gasteiger partial charge in [-0.2, -0.15) is 0 Å². The first-order valence-corrected chi connectivity index (χ1v) is 5.22. The minimum Gasteiger partial charge on any atom is -0.383 e. The van der Waals surface area contributed by atoms with E-state index in [1.807, 2.05) is 24.3 Å². The Labute approximate surface area is 96.2 Å². The Morgan fingerprint density at radius 2 is 2.00 bits per heavy atom. The van der Waals surface area contributed by atoms with E-state index >= 15 is 0 Å². The van der Waals surface area contributed by atoms with E-state index in [4.69, 9.17) is 11.5 Å². The fourth-order valence-electron chi connectivity index (χ4n) is 0.896. The molecule has 0 radical (unpaired) electrons. The van der Waals surface area contributed by atoms with E-state index in [0.717, 1.165) is 9.26 Å². The maximum Gasteiger partial charge on any atom is 0.236 e. The SMILES string of the molecule is NC(=O)C(N)CNc1ccc(I)cc1. The molecule has 76 valence electrons. The maximum absolute atomic E-state index is 10.6. The zero-order chi connectivity index (χ0) is 10.6. The number of nitrogens with two attached hydrogens (primary N) is 2. The molecular formula is C9H12IN3O. The molecule has 5 N–H and O–H groups in total. The second-order valence-electron chi connectivity index (χ2n) is 2.90. The first kappa shape index (κ1) is 11.3. The molecule has 1 unspecified atom stereocenters. The van der Waals surface area contributed by atoms with E-state index in [0.29, 0.717) is 6.54 Å². The molecule has 1 aromatic rings. The fourth-order valence-corrected chi connectivity index (χ4v) is 1.26. The van der Waals surface area contributed by atoms with Gasteiger partial charge in [-0.05, 0) is 46.9 Å². The van der Waals surface area contributed by atoms with Gasteiger partial charge in [0.05, 0.1) is 0 Å². The van der Waals surface area contributed by atoms with Gasteiger partial charge in [0.2, 0.25) is 5.91 Å². The van der Waals surface area contributed by atoms with Gasteiger partial charge in [0.25, 0.3) is 0 Å². The molecular weight excluding hydrogens is 293 g/mol. The average molecular weight is 305 g/mol. The highest BCUT2D eigenvalue weighted by Crippen LogP contribution is 2.10. The van der Waals surface area contributed by atoms with Crippen molar-refractivity contribution in [2.45, 2.75) is 6.04 Å². The van der Waals surface area contributed by atoms with Crippen LogP contribution in [-0.2, 0) is 4.79 Å². The van der Waals surface area contributed by atoms with Crippen molar-refractivity contribution in [1.29, 1.82) is 0 Å². The number of nitrogens with one attached hydrogen (secondary N) is 1. The lowest BCUT2D eigenvalue weighted by molar-refractivity contribution is -0.118. The van der Waals surface area contributed by atoms with Crippen molar-refractivity contribution in [3.8, 4) is 0 Å². The molecule has 0 fully saturated rings. The van der Waals surface area contributed by atoms with Crippen LogP contribution >= 0.6 is 22.6 Å². The fraction of sp³-hybridized carbons (Fsp3) is 0.222. The molecule has 5 heteroatoms. The highest BCUT2D eigenvalue weighted by atomic mass is 127. The van der Waals surface area contributed by atoms with Gasteiger partial charge in [-0.1, -0.05) is 0 Å². The molecule has 0 aliphatic heterocycles. The number of hydrogen-bond donors (Lipinski definition) is 3. The quantitative estimate of drug-likeness (QED) is 0.709. The van der Waals surface area contributed by atoms with Gasteiger partial charge < -0.3 is 16.8 Å². The van der Waals surface area contributed by atoms with Gasteiger partial charge in [0.15, 0.2) is 0 Å². The summed E-state index contributed by atoms with van der Waals surface area (Å²) < 4.78 is 1.16. The lowest BCUT2D eigenvalue weighted by atomic mass is 10.2. The molecule has 0 aliphatic carbocycles. The van der Waals surface area contributed by atoms with Crippen LogP contribution in [0.1, 0.15) is 0 Å². The van der Waals surface area contributed by atoms with E-state index in [-0.39, 0.29) is 0 Å². The number of rotatable bonds is 4. The summed E-state index contributed by atoms with van der Waals surface area (Å²) in [5.41, 5.74) is 11.4. The molecule has 1 amide bonds. The van der Waals surface area contributed by atoms with E-state index in [2.05, 4.69) is 27.9 Å². The van der Waals surface area contributed by atoms with E-state index < -0.39 is 11.9 Å². The van der Waals surface area contributed by atoms with Crippen LogP contribution in [0.4, 0.5) is 5.69 Å². The summed E-state index contributed by atoms with van der Waals surface area (Å²) in [4.78, 5) is 10.6. The molecule has 1 aromatic carbocycles. The predicted octanol–water partition coefficient (Wildman–Crippen LogP) is 0.516. The number of carbonyl (C=O) groups is 1. The van der Waals surface area contributed by atoms with Crippen molar-refractivity contribution in [3.63, 3.8) is 0 Å². The molecule has 4 nitrogen and oxygen atoms in total. The van der Waals surface area contributed by atoms with Crippen LogP contribution in [0, 0.1) is 3.57 Å². The summed E-state index contributed by atoms with van der Waals surface area (Å²) in [5, 5.41) is 3.02. The van der Waals surface area contributed by atoms with Gasteiger partial charge >= 0.3 is 0 Å². The smallest absolute Gasteiger partial charge is 0.236 e. The van der Waals surface area contributed by atoms with Crippen molar-refractivity contribution >= 4 is 34.2 Å². The van der Waals surface area contributed by atoms with E-state index in [1.165, 1.54) is 0 Å². The lowest BCUT2D eigenvalue weighted by Crippen LogP contribution is -2.41. The Kier molecular flexibility index (Phi) is 4.15. The van der Waals surface area contributed by atoms with Crippen LogP contribution in [0.15, 0.2) is 24.3 Å². The number of primary amides is 1. The second-order valence-corrected chi connectivity index (χ2v) is 4.14. The summed E-state index contributed by atoms with van der Waals surface area (Å²) in [6.07, 6.45) is 0. The van der Waals surface area contributed by atoms with Crippen LogP contribution < -0.4 is 16.8 Å². The number of carbonyl (C=O) groups excluding carboxylic acids is 1. The predicted molar refractivity (Wildman–Crippen MR) is 64.8 cm³/mol. The van der Waals surface area contributed by atoms with Crippen LogP contribution in [0.25, 0.3) is 0 Å². The second kappa shape index (κ2) is 5.16. The summed E-state index contributed by atoms with van der Waals surface area (Å²) >= 11 is 2.22. The van der Waals surface area contributed by atoms with Gasteiger partial charge in [-0.25, -0.2) is 0 Å². The van der Waals surface area contributed by atoms with Crippen molar-refractivity contribution < 1.29 is 4.79 Å². The Morgan fingerprint density at radius 3 is 2.50 bits per heavy atom. The number of benzene rings is 1. The number of hydrogen-bond acceptors (Lipinski definition) is 3. The summed E-state index contributed by atoms with van der Waals surface area (Å²) in [5.74, 6) is -0.497. The topological polar surface area (TPSA) is 81.1 Å². The monoisotopic (exact) mass is 305 g/mol. The van der Waals surface area contributed by atoms with Crippen LogP contribution in [-0.4, -0.2) is 18.5 Å². The molecule has 14 heavy (non-hydrogen) atoms. The normalized spacial score (nSPS) is 12.1. The van der Waals surface area contributed by atoms with Crippen LogP contribution in [0.3, 0.4) is 0 Å². The maximum atomic E-state index is 10.6. The molecule has 0 aliphatic rings. The van der Waals surface area contributed by atoms with Crippen molar-refractivity contribution in [3.05, 3.63) is 27.8 Å². The number of anilines is 1. The first-order valence-electron chi connectivity index (χ1n) is 4.14. The molecule has 1 atom stereocenters. The molecule has 0 saturated carbocycles. The Balaban J connectivity index is 2.46. The van der Waals surface area contributed by atoms with Gasteiger partial charge in [0.1, 0.15) is 6.04 Å². The van der Waals surface area contributed by atoms with Crippen molar-refractivity contribution in [1.82, 2.24) is 0 Å². The van der Waals surface area contributed by atoms with E-state index in [1.54, 1.807) is 0 Å². The van der Waals surface area contributed by atoms with Gasteiger partial charge in [-0.3, -0.25) is 4.79 Å². The number of halogens is 1. The molecule has 0 spiro atoms. The van der Waals surface area contributed by atoms with Crippen LogP contribution in [0.5, 0.6) is 0 Å². The average Bonchev–Trinajstić information content (AvgIpc) is 2.16. The molecule has 0 bridgehead atoms. The van der Waals surface area contributed by atoms with Crippen molar-refractivity contribution in [2.24, 2.45) is 11.5 Å². The highest BCUT2D eigenvalue weighted by molar-refractivity contribution is 14.1. The minimum atomic E-state index is -0.644. The van der Waals surface area contributed by atoms with Crippen LogP contribution in [0.2, 0.25) is 0 Å². The Hall–Kier alpha value is -0.820. The van der Waals surface area contributed by atoms with Gasteiger partial charge in [0, 0.05) is 15.8 Å². The summed E-state index contributed by atoms with van der Waals surface area (Å²) in [7, 11) is 0. The standard InChI is InChI=1S/C9H12IN3O/c10-6-1-3-7(4-2-6)13-5-8(11)9(12)14/h1-4,8,13H,5,11H2,(H2,12,14). The molecule has 1 rings (SSSR count). The third-order valence-electron chi connectivity index (χ3n) is 1.74. The van der Waals surface area contributed by atoms with Gasteiger partial charge in [-0.15, -0.1) is 0 Å².